The summed E-state index contributed by atoms with van der Waals surface area (Å²) < 4.78 is 14.1. The average molecular weight is 437 g/mol. The van der Waals surface area contributed by atoms with Crippen LogP contribution in [-0.4, -0.2) is 21.1 Å². The Bertz CT molecular complexity index is 1120. The molecule has 0 atom stereocenters. The highest BCUT2D eigenvalue weighted by molar-refractivity contribution is 9.10. The Kier molecular flexibility index (Phi) is 4.99. The van der Waals surface area contributed by atoms with Gasteiger partial charge in [-0.15, -0.1) is 0 Å². The Morgan fingerprint density at radius 3 is 2.54 bits per heavy atom. The monoisotopic (exact) mass is 436 g/mol. The van der Waals surface area contributed by atoms with Gasteiger partial charge in [0.2, 0.25) is 0 Å². The zero-order valence-electron chi connectivity index (χ0n) is 14.5. The molecule has 0 aliphatic carbocycles. The lowest BCUT2D eigenvalue weighted by molar-refractivity contribution is 0.102. The number of carbonyl (C=O) groups excluding carboxylic acids is 1. The topological polar surface area (TPSA) is 70.7 Å². The van der Waals surface area contributed by atoms with Crippen LogP contribution in [-0.2, 0) is 0 Å². The number of anilines is 1. The maximum Gasteiger partial charge on any atom is 0.255 e. The van der Waals surface area contributed by atoms with Crippen molar-refractivity contribution in [1.29, 1.82) is 0 Å². The summed E-state index contributed by atoms with van der Waals surface area (Å²) in [4.78, 5) is 17.1. The number of aromatic amines is 1. The molecule has 138 valence electrons. The minimum absolute atomic E-state index is 0.212. The molecular formula is C21H14BrFN4O. The van der Waals surface area contributed by atoms with Crippen molar-refractivity contribution in [2.45, 2.75) is 0 Å². The lowest BCUT2D eigenvalue weighted by Gasteiger charge is -2.09. The fraction of sp³-hybridized carbons (Fsp3) is 0. The van der Waals surface area contributed by atoms with Crippen molar-refractivity contribution >= 4 is 27.5 Å². The molecule has 0 unspecified atom stereocenters. The smallest absolute Gasteiger partial charge is 0.255 e. The highest BCUT2D eigenvalue weighted by Crippen LogP contribution is 2.27. The number of para-hydroxylation sites is 1. The molecule has 5 nitrogen and oxygen atoms in total. The summed E-state index contributed by atoms with van der Waals surface area (Å²) in [5.41, 5.74) is 2.32. The number of amides is 1. The van der Waals surface area contributed by atoms with Gasteiger partial charge in [-0.25, -0.2) is 9.37 Å². The minimum Gasteiger partial charge on any atom is -0.321 e. The summed E-state index contributed by atoms with van der Waals surface area (Å²) in [6.45, 7) is 0. The average Bonchev–Trinajstić information content (AvgIpc) is 3.18. The molecule has 0 spiro atoms. The fourth-order valence-corrected chi connectivity index (χ4v) is 3.24. The molecule has 0 aliphatic heterocycles. The number of aromatic nitrogens is 3. The molecule has 4 aromatic rings. The van der Waals surface area contributed by atoms with Gasteiger partial charge in [-0.1, -0.05) is 58.4 Å². The molecule has 1 heterocycles. The van der Waals surface area contributed by atoms with Gasteiger partial charge in [0.25, 0.3) is 5.91 Å². The summed E-state index contributed by atoms with van der Waals surface area (Å²) in [5.74, 6) is 0.173. The van der Waals surface area contributed by atoms with Crippen LogP contribution in [0.4, 0.5) is 10.1 Å². The van der Waals surface area contributed by atoms with E-state index in [1.165, 1.54) is 12.1 Å². The number of carbonyl (C=O) groups is 1. The van der Waals surface area contributed by atoms with Gasteiger partial charge in [-0.3, -0.25) is 9.89 Å². The lowest BCUT2D eigenvalue weighted by Crippen LogP contribution is -2.13. The molecule has 0 saturated carbocycles. The standard InChI is InChI=1S/C21H14BrFN4O/c22-15-10-14(11-16(23)12-15)21(28)24-18-9-5-4-8-17(18)20-25-19(26-27-20)13-6-2-1-3-7-13/h1-12H,(H,24,28)(H,25,26,27). The zero-order valence-corrected chi connectivity index (χ0v) is 16.1. The summed E-state index contributed by atoms with van der Waals surface area (Å²) in [7, 11) is 0. The third-order valence-electron chi connectivity index (χ3n) is 4.07. The largest absolute Gasteiger partial charge is 0.321 e. The van der Waals surface area contributed by atoms with E-state index in [0.29, 0.717) is 27.4 Å². The third kappa shape index (κ3) is 3.84. The predicted octanol–water partition coefficient (Wildman–Crippen LogP) is 5.29. The highest BCUT2D eigenvalue weighted by Gasteiger charge is 2.14. The second-order valence-electron chi connectivity index (χ2n) is 6.03. The molecule has 7 heteroatoms. The number of nitrogens with zero attached hydrogens (tertiary/aromatic N) is 2. The van der Waals surface area contributed by atoms with E-state index < -0.39 is 11.7 Å². The van der Waals surface area contributed by atoms with E-state index in [0.717, 1.165) is 5.56 Å². The van der Waals surface area contributed by atoms with Crippen molar-refractivity contribution in [3.8, 4) is 22.8 Å². The maximum absolute atomic E-state index is 13.6. The van der Waals surface area contributed by atoms with Crippen LogP contribution in [0.1, 0.15) is 10.4 Å². The van der Waals surface area contributed by atoms with Crippen molar-refractivity contribution in [3.63, 3.8) is 0 Å². The van der Waals surface area contributed by atoms with E-state index in [1.54, 1.807) is 18.2 Å². The molecule has 0 saturated heterocycles. The predicted molar refractivity (Wildman–Crippen MR) is 109 cm³/mol. The van der Waals surface area contributed by atoms with Gasteiger partial charge >= 0.3 is 0 Å². The number of rotatable bonds is 4. The van der Waals surface area contributed by atoms with Crippen molar-refractivity contribution in [2.24, 2.45) is 0 Å². The Morgan fingerprint density at radius 1 is 1.00 bits per heavy atom. The molecule has 3 aromatic carbocycles. The third-order valence-corrected chi connectivity index (χ3v) is 4.53. The van der Waals surface area contributed by atoms with E-state index in [1.807, 2.05) is 42.5 Å². The van der Waals surface area contributed by atoms with E-state index in [-0.39, 0.29) is 5.56 Å². The Morgan fingerprint density at radius 2 is 1.75 bits per heavy atom. The van der Waals surface area contributed by atoms with Crippen LogP contribution in [0.15, 0.2) is 77.3 Å². The summed E-state index contributed by atoms with van der Waals surface area (Å²) in [6, 6.07) is 20.9. The van der Waals surface area contributed by atoms with Gasteiger partial charge in [-0.05, 0) is 30.3 Å². The number of hydrogen-bond donors (Lipinski definition) is 2. The number of hydrogen-bond acceptors (Lipinski definition) is 3. The quantitative estimate of drug-likeness (QED) is 0.456. The summed E-state index contributed by atoms with van der Waals surface area (Å²) >= 11 is 3.20. The molecule has 4 rings (SSSR count). The number of H-pyrrole nitrogens is 1. The molecule has 1 amide bonds. The first-order valence-electron chi connectivity index (χ1n) is 8.45. The van der Waals surface area contributed by atoms with Crippen LogP contribution in [0.3, 0.4) is 0 Å². The first-order valence-corrected chi connectivity index (χ1v) is 9.24. The molecule has 1 aromatic heterocycles. The number of halogens is 2. The molecule has 0 radical (unpaired) electrons. The lowest BCUT2D eigenvalue weighted by atomic mass is 10.1. The van der Waals surface area contributed by atoms with Gasteiger partial charge in [0.05, 0.1) is 5.69 Å². The highest BCUT2D eigenvalue weighted by atomic mass is 79.9. The fourth-order valence-electron chi connectivity index (χ4n) is 2.78. The van der Waals surface area contributed by atoms with Crippen LogP contribution < -0.4 is 5.32 Å². The van der Waals surface area contributed by atoms with Crippen molar-refractivity contribution in [3.05, 3.63) is 88.6 Å². The second kappa shape index (κ2) is 7.74. The molecule has 0 bridgehead atoms. The van der Waals surface area contributed by atoms with Gasteiger partial charge < -0.3 is 5.32 Å². The summed E-state index contributed by atoms with van der Waals surface area (Å²) in [6.07, 6.45) is 0. The van der Waals surface area contributed by atoms with Gasteiger partial charge in [0.15, 0.2) is 11.6 Å². The van der Waals surface area contributed by atoms with Crippen LogP contribution in [0.2, 0.25) is 0 Å². The number of benzene rings is 3. The van der Waals surface area contributed by atoms with Gasteiger partial charge in [-0.2, -0.15) is 5.10 Å². The Hall–Kier alpha value is -3.32. The van der Waals surface area contributed by atoms with E-state index >= 15 is 0 Å². The zero-order chi connectivity index (χ0) is 19.5. The van der Waals surface area contributed by atoms with Crippen molar-refractivity contribution in [1.82, 2.24) is 15.2 Å². The Labute approximate surface area is 168 Å². The SMILES string of the molecule is O=C(Nc1ccccc1-c1nc(-c2ccccc2)n[nH]1)c1cc(F)cc(Br)c1. The molecule has 0 aliphatic rings. The van der Waals surface area contributed by atoms with Crippen molar-refractivity contribution in [2.75, 3.05) is 5.32 Å². The van der Waals surface area contributed by atoms with Crippen LogP contribution in [0.25, 0.3) is 22.8 Å². The van der Waals surface area contributed by atoms with Crippen LogP contribution >= 0.6 is 15.9 Å². The normalized spacial score (nSPS) is 10.6. The van der Waals surface area contributed by atoms with Gasteiger partial charge in [0.1, 0.15) is 5.82 Å². The number of nitrogens with one attached hydrogen (secondary N) is 2. The second-order valence-corrected chi connectivity index (χ2v) is 6.95. The first kappa shape index (κ1) is 18.1. The molecule has 28 heavy (non-hydrogen) atoms. The van der Waals surface area contributed by atoms with E-state index in [9.17, 15) is 9.18 Å². The van der Waals surface area contributed by atoms with Crippen LogP contribution in [0, 0.1) is 5.82 Å². The van der Waals surface area contributed by atoms with E-state index in [2.05, 4.69) is 36.4 Å². The first-order chi connectivity index (χ1) is 13.6. The van der Waals surface area contributed by atoms with Crippen molar-refractivity contribution < 1.29 is 9.18 Å². The van der Waals surface area contributed by atoms with Crippen LogP contribution in [0.5, 0.6) is 0 Å². The maximum atomic E-state index is 13.6. The molecule has 2 N–H and O–H groups in total. The minimum atomic E-state index is -0.490. The molecular weight excluding hydrogens is 423 g/mol. The van der Waals surface area contributed by atoms with E-state index in [4.69, 9.17) is 0 Å². The van der Waals surface area contributed by atoms with Gasteiger partial charge in [0, 0.05) is 21.2 Å². The Balaban J connectivity index is 1.64. The molecule has 0 fully saturated rings. The summed E-state index contributed by atoms with van der Waals surface area (Å²) in [5, 5.41) is 9.99.